The predicted molar refractivity (Wildman–Crippen MR) is 241 cm³/mol. The maximum Gasteiger partial charge on any atom is 0.136 e. The number of H-pyrrole nitrogens is 2. The number of nitrogens with zero attached hydrogens (tertiary/aromatic N) is 2. The number of aromatic amines is 2. The molecule has 0 aliphatic carbocycles. The Morgan fingerprint density at radius 2 is 1.19 bits per heavy atom. The van der Waals surface area contributed by atoms with E-state index in [0.717, 1.165) is 89.8 Å². The zero-order valence-electron chi connectivity index (χ0n) is 35.7. The van der Waals surface area contributed by atoms with E-state index in [1.54, 1.807) is 37.4 Å². The number of nitrogens with one attached hydrogen (secondary N) is 2. The second-order valence-electron chi connectivity index (χ2n) is 15.9. The molecule has 2 aliphatic heterocycles. The lowest BCUT2D eigenvalue weighted by Gasteiger charge is -2.17. The number of thioether (sulfide) groups is 2. The van der Waals surface area contributed by atoms with Gasteiger partial charge in [-0.15, -0.1) is 0 Å². The summed E-state index contributed by atoms with van der Waals surface area (Å²) >= 11 is 3.58. The fourth-order valence-corrected chi connectivity index (χ4v) is 10.2. The first-order chi connectivity index (χ1) is 27.0. The first-order valence-corrected chi connectivity index (χ1v) is 22.6. The highest BCUT2D eigenvalue weighted by atomic mass is 32.2. The van der Waals surface area contributed by atoms with E-state index >= 15 is 0 Å². The summed E-state index contributed by atoms with van der Waals surface area (Å²) in [6, 6.07) is 10.6. The van der Waals surface area contributed by atoms with Gasteiger partial charge in [0.1, 0.15) is 23.1 Å². The molecule has 0 saturated heterocycles. The van der Waals surface area contributed by atoms with Crippen molar-refractivity contribution in [3.05, 3.63) is 69.8 Å². The Morgan fingerprint density at radius 1 is 0.632 bits per heavy atom. The van der Waals surface area contributed by atoms with E-state index in [0.29, 0.717) is 38.5 Å². The van der Waals surface area contributed by atoms with Crippen molar-refractivity contribution in [2.75, 3.05) is 11.5 Å². The first kappa shape index (κ1) is 44.1. The van der Waals surface area contributed by atoms with Crippen LogP contribution in [-0.2, 0) is 25.6 Å². The van der Waals surface area contributed by atoms with Crippen LogP contribution in [0.25, 0.3) is 44.4 Å². The Balaban J connectivity index is 1.82. The third-order valence-corrected chi connectivity index (χ3v) is 14.3. The van der Waals surface area contributed by atoms with E-state index in [9.17, 15) is 19.2 Å². The van der Waals surface area contributed by atoms with E-state index < -0.39 is 0 Å². The average molecular weight is 809 g/mol. The summed E-state index contributed by atoms with van der Waals surface area (Å²) in [5.41, 5.74) is 14.7. The molecule has 5 heterocycles. The smallest absolute Gasteiger partial charge is 0.136 e. The van der Waals surface area contributed by atoms with E-state index in [-0.39, 0.29) is 45.5 Å². The minimum atomic E-state index is -0.0325. The molecule has 3 aromatic rings. The number of rotatable bonds is 18. The third kappa shape index (κ3) is 10.4. The number of carbonyl (C=O) groups is 4. The minimum absolute atomic E-state index is 0.0304. The van der Waals surface area contributed by atoms with Crippen LogP contribution in [0, 0.1) is 18.8 Å². The van der Waals surface area contributed by atoms with Crippen LogP contribution in [0.5, 0.6) is 0 Å². The number of Topliss-reactive ketones (excluding diaryl/α,β-unsaturated/α-hetero) is 4. The highest BCUT2D eigenvalue weighted by Crippen LogP contribution is 2.41. The summed E-state index contributed by atoms with van der Waals surface area (Å²) < 4.78 is 0. The molecule has 10 heteroatoms. The van der Waals surface area contributed by atoms with Crippen LogP contribution in [0.15, 0.2) is 30.3 Å². The minimum Gasteiger partial charge on any atom is -0.355 e. The first-order valence-electron chi connectivity index (χ1n) is 20.5. The molecule has 8 bridgehead atoms. The Hall–Kier alpha value is -4.02. The molecule has 5 rings (SSSR count). The van der Waals surface area contributed by atoms with E-state index in [4.69, 9.17) is 9.97 Å². The molecule has 8 nitrogen and oxygen atoms in total. The largest absolute Gasteiger partial charge is 0.355 e. The molecule has 0 saturated carbocycles. The van der Waals surface area contributed by atoms with Gasteiger partial charge in [-0.05, 0) is 131 Å². The van der Waals surface area contributed by atoms with Gasteiger partial charge in [0.05, 0.1) is 22.8 Å². The van der Waals surface area contributed by atoms with Crippen LogP contribution in [0.4, 0.5) is 0 Å². The standard InChI is InChI=1S/C47H60N4O4S2/c1-12-44(54)25(3)23-56-32(10)46-31(9)39-21-43-47(33(11)57-24-26(4)45(55)13-2)30(8)38(51-43)20-37-29(7)36(17-15-28(6)53)41(49-37)22-40-34(16-14-27(5)52)18-35(48-40)19-42(46)50-39/h18-22,25-26,32-33,48,50H,12-17,23-24H2,1-11H3. The second kappa shape index (κ2) is 19.2. The molecule has 2 aliphatic rings. The van der Waals surface area contributed by atoms with Gasteiger partial charge >= 0.3 is 0 Å². The van der Waals surface area contributed by atoms with Crippen LogP contribution in [-0.4, -0.2) is 59.8 Å². The molecule has 0 radical (unpaired) electrons. The molecular weight excluding hydrogens is 749 g/mol. The van der Waals surface area contributed by atoms with Crippen molar-refractivity contribution < 1.29 is 19.2 Å². The van der Waals surface area contributed by atoms with Crippen molar-refractivity contribution in [2.45, 2.75) is 125 Å². The van der Waals surface area contributed by atoms with E-state index in [1.807, 2.05) is 27.7 Å². The summed E-state index contributed by atoms with van der Waals surface area (Å²) in [6.07, 6.45) is 3.06. The van der Waals surface area contributed by atoms with Crippen LogP contribution < -0.4 is 0 Å². The number of aryl methyl sites for hydroxylation is 2. The highest BCUT2D eigenvalue weighted by molar-refractivity contribution is 8.00. The molecule has 57 heavy (non-hydrogen) atoms. The van der Waals surface area contributed by atoms with Gasteiger partial charge in [-0.1, -0.05) is 27.7 Å². The van der Waals surface area contributed by atoms with Crippen molar-refractivity contribution in [2.24, 2.45) is 11.8 Å². The Labute approximate surface area is 347 Å². The normalized spacial score (nSPS) is 15.1. The van der Waals surface area contributed by atoms with E-state index in [2.05, 4.69) is 74.9 Å². The highest BCUT2D eigenvalue weighted by Gasteiger charge is 2.26. The number of carbonyl (C=O) groups excluding carboxylic acids is 4. The number of ketones is 4. The zero-order chi connectivity index (χ0) is 41.7. The zero-order valence-corrected chi connectivity index (χ0v) is 37.3. The summed E-state index contributed by atoms with van der Waals surface area (Å²) in [6.45, 7) is 21.9. The van der Waals surface area contributed by atoms with Crippen molar-refractivity contribution in [3.63, 3.8) is 0 Å². The molecule has 4 atom stereocenters. The fraction of sp³-hybridized carbons (Fsp3) is 0.489. The average Bonchev–Trinajstić information content (AvgIpc) is 3.88. The van der Waals surface area contributed by atoms with E-state index in [1.165, 1.54) is 5.56 Å². The van der Waals surface area contributed by atoms with Gasteiger partial charge in [0.15, 0.2) is 0 Å². The van der Waals surface area contributed by atoms with Crippen molar-refractivity contribution in [1.29, 1.82) is 0 Å². The maximum absolute atomic E-state index is 12.5. The number of aromatic nitrogens is 4. The van der Waals surface area contributed by atoms with Gasteiger partial charge in [0.2, 0.25) is 0 Å². The van der Waals surface area contributed by atoms with Gasteiger partial charge in [-0.2, -0.15) is 23.5 Å². The quantitative estimate of drug-likeness (QED) is 0.130. The number of hydrogen-bond acceptors (Lipinski definition) is 8. The summed E-state index contributed by atoms with van der Waals surface area (Å²) in [5.74, 6) is 2.19. The summed E-state index contributed by atoms with van der Waals surface area (Å²) in [4.78, 5) is 67.5. The monoisotopic (exact) mass is 808 g/mol. The summed E-state index contributed by atoms with van der Waals surface area (Å²) in [5, 5.41) is 0.160. The number of hydrogen-bond donors (Lipinski definition) is 2. The molecule has 4 unspecified atom stereocenters. The van der Waals surface area contributed by atoms with Gasteiger partial charge in [-0.3, -0.25) is 9.59 Å². The maximum atomic E-state index is 12.5. The molecule has 0 fully saturated rings. The van der Waals surface area contributed by atoms with Gasteiger partial charge in [0.25, 0.3) is 0 Å². The van der Waals surface area contributed by atoms with Gasteiger partial charge < -0.3 is 19.6 Å². The molecule has 0 amide bonds. The lowest BCUT2D eigenvalue weighted by atomic mass is 9.99. The SMILES string of the molecule is CCC(=O)C(C)CSC(C)C1=C(C)c2cc3nc(cc4[nH]c(cc4CCC(C)=O)cc4[nH]c(cc1n2)c(C)c4C(C)SCC(C)C(=O)CC)C(CCC(C)=O)=C3C. The Morgan fingerprint density at radius 3 is 1.81 bits per heavy atom. The van der Waals surface area contributed by atoms with Gasteiger partial charge in [0, 0.05) is 81.6 Å². The molecule has 0 spiro atoms. The lowest BCUT2D eigenvalue weighted by molar-refractivity contribution is -0.122. The number of fused-ring (bicyclic) bond motifs is 8. The van der Waals surface area contributed by atoms with Crippen LogP contribution in [0.1, 0.15) is 146 Å². The molecule has 0 aromatic carbocycles. The van der Waals surface area contributed by atoms with Crippen molar-refractivity contribution in [3.8, 4) is 0 Å². The van der Waals surface area contributed by atoms with Crippen molar-refractivity contribution in [1.82, 2.24) is 19.9 Å². The molecular formula is C47H60N4O4S2. The van der Waals surface area contributed by atoms with Crippen LogP contribution in [0.3, 0.4) is 0 Å². The number of allylic oxidation sites excluding steroid dienone is 3. The second-order valence-corrected chi connectivity index (χ2v) is 18.7. The Bertz CT molecular complexity index is 2290. The third-order valence-electron chi connectivity index (χ3n) is 11.4. The molecule has 2 N–H and O–H groups in total. The molecule has 3 aromatic heterocycles. The van der Waals surface area contributed by atoms with Crippen LogP contribution >= 0.6 is 23.5 Å². The predicted octanol–water partition coefficient (Wildman–Crippen LogP) is 11.5. The van der Waals surface area contributed by atoms with Crippen molar-refractivity contribution >= 4 is 91.0 Å². The summed E-state index contributed by atoms with van der Waals surface area (Å²) in [7, 11) is 0. The van der Waals surface area contributed by atoms with Gasteiger partial charge in [-0.25, -0.2) is 9.97 Å². The Kier molecular flexibility index (Phi) is 14.8. The fourth-order valence-electron chi connectivity index (χ4n) is 7.75. The topological polar surface area (TPSA) is 126 Å². The molecule has 304 valence electrons. The van der Waals surface area contributed by atoms with Crippen LogP contribution in [0.2, 0.25) is 0 Å². The lowest BCUT2D eigenvalue weighted by Crippen LogP contribution is -2.14.